The zero-order valence-electron chi connectivity index (χ0n) is 11.9. The average molecular weight is 255 g/mol. The summed E-state index contributed by atoms with van der Waals surface area (Å²) in [5.41, 5.74) is -0.494. The molecule has 1 aliphatic carbocycles. The fraction of sp³-hybridized carbons (Fsp3) is 0.857. The summed E-state index contributed by atoms with van der Waals surface area (Å²) in [5.74, 6) is 0.684. The van der Waals surface area contributed by atoms with Crippen LogP contribution in [0.25, 0.3) is 0 Å². The Morgan fingerprint density at radius 1 is 1.33 bits per heavy atom. The molecule has 1 amide bonds. The van der Waals surface area contributed by atoms with Crippen LogP contribution in [0.2, 0.25) is 0 Å². The van der Waals surface area contributed by atoms with E-state index in [1.165, 1.54) is 0 Å². The van der Waals surface area contributed by atoms with Crippen molar-refractivity contribution in [2.75, 3.05) is 0 Å². The van der Waals surface area contributed by atoms with Crippen LogP contribution in [0.15, 0.2) is 0 Å². The predicted molar refractivity (Wildman–Crippen MR) is 70.4 cm³/mol. The van der Waals surface area contributed by atoms with E-state index in [9.17, 15) is 9.59 Å². The van der Waals surface area contributed by atoms with E-state index in [0.717, 1.165) is 19.3 Å². The second-order valence-corrected chi connectivity index (χ2v) is 6.08. The standard InChI is InChI=1S/C14H25NO3/c1-5-6-11(16)9-12(10-7-8-10)15-13(17)18-14(2,3)4/h10,12H,5-9H2,1-4H3,(H,15,17). The molecule has 0 aliphatic heterocycles. The number of ketones is 1. The third-order valence-electron chi connectivity index (χ3n) is 2.87. The van der Waals surface area contributed by atoms with Crippen molar-refractivity contribution < 1.29 is 14.3 Å². The van der Waals surface area contributed by atoms with Gasteiger partial charge in [-0.05, 0) is 46.0 Å². The van der Waals surface area contributed by atoms with E-state index in [1.54, 1.807) is 0 Å². The van der Waals surface area contributed by atoms with Gasteiger partial charge >= 0.3 is 6.09 Å². The van der Waals surface area contributed by atoms with Crippen molar-refractivity contribution in [1.29, 1.82) is 0 Å². The van der Waals surface area contributed by atoms with Crippen LogP contribution < -0.4 is 5.32 Å². The van der Waals surface area contributed by atoms with Gasteiger partial charge in [0.05, 0.1) is 0 Å². The Labute approximate surface area is 109 Å². The fourth-order valence-corrected chi connectivity index (χ4v) is 1.92. The summed E-state index contributed by atoms with van der Waals surface area (Å²) in [6.07, 6.45) is 3.68. The first kappa shape index (κ1) is 15.0. The monoisotopic (exact) mass is 255 g/mol. The molecule has 104 valence electrons. The number of amides is 1. The molecule has 0 bridgehead atoms. The summed E-state index contributed by atoms with van der Waals surface area (Å²) >= 11 is 0. The van der Waals surface area contributed by atoms with Gasteiger partial charge in [-0.25, -0.2) is 4.79 Å². The van der Waals surface area contributed by atoms with Gasteiger partial charge < -0.3 is 10.1 Å². The van der Waals surface area contributed by atoms with Gasteiger partial charge in [0.1, 0.15) is 11.4 Å². The minimum atomic E-state index is -0.494. The fourth-order valence-electron chi connectivity index (χ4n) is 1.92. The van der Waals surface area contributed by atoms with Crippen molar-refractivity contribution in [3.63, 3.8) is 0 Å². The minimum Gasteiger partial charge on any atom is -0.444 e. The number of carbonyl (C=O) groups is 2. The highest BCUT2D eigenvalue weighted by Crippen LogP contribution is 2.34. The van der Waals surface area contributed by atoms with Crippen LogP contribution in [-0.4, -0.2) is 23.5 Å². The molecule has 0 aromatic rings. The molecule has 4 nitrogen and oxygen atoms in total. The Kier molecular flexibility index (Phi) is 5.17. The van der Waals surface area contributed by atoms with Crippen molar-refractivity contribution >= 4 is 11.9 Å². The minimum absolute atomic E-state index is 0.0427. The lowest BCUT2D eigenvalue weighted by Gasteiger charge is -2.23. The molecule has 0 saturated heterocycles. The van der Waals surface area contributed by atoms with Gasteiger partial charge in [-0.1, -0.05) is 6.92 Å². The maximum Gasteiger partial charge on any atom is 0.407 e. The van der Waals surface area contributed by atoms with Gasteiger partial charge in [0.25, 0.3) is 0 Å². The van der Waals surface area contributed by atoms with Gasteiger partial charge in [-0.2, -0.15) is 0 Å². The molecule has 0 radical (unpaired) electrons. The summed E-state index contributed by atoms with van der Waals surface area (Å²) in [4.78, 5) is 23.4. The Balaban J connectivity index is 2.43. The summed E-state index contributed by atoms with van der Waals surface area (Å²) < 4.78 is 5.23. The third-order valence-corrected chi connectivity index (χ3v) is 2.87. The Bertz CT molecular complexity index is 303. The number of Topliss-reactive ketones (excluding diaryl/α,β-unsaturated/α-hetero) is 1. The van der Waals surface area contributed by atoms with Crippen molar-refractivity contribution in [3.05, 3.63) is 0 Å². The molecule has 1 fully saturated rings. The van der Waals surface area contributed by atoms with Crippen LogP contribution in [-0.2, 0) is 9.53 Å². The molecule has 0 spiro atoms. The van der Waals surface area contributed by atoms with E-state index in [-0.39, 0.29) is 11.8 Å². The van der Waals surface area contributed by atoms with Crippen LogP contribution in [0.5, 0.6) is 0 Å². The topological polar surface area (TPSA) is 55.4 Å². The van der Waals surface area contributed by atoms with Crippen molar-refractivity contribution in [1.82, 2.24) is 5.32 Å². The lowest BCUT2D eigenvalue weighted by Crippen LogP contribution is -2.41. The van der Waals surface area contributed by atoms with Crippen LogP contribution in [0.3, 0.4) is 0 Å². The van der Waals surface area contributed by atoms with Gasteiger partial charge in [0, 0.05) is 18.9 Å². The van der Waals surface area contributed by atoms with Crippen LogP contribution in [0.4, 0.5) is 4.79 Å². The first-order valence-corrected chi connectivity index (χ1v) is 6.83. The number of carbonyl (C=O) groups excluding carboxylic acids is 2. The second kappa shape index (κ2) is 6.21. The van der Waals surface area contributed by atoms with E-state index < -0.39 is 11.7 Å². The maximum atomic E-state index is 11.7. The van der Waals surface area contributed by atoms with E-state index in [4.69, 9.17) is 4.74 Å². The Morgan fingerprint density at radius 2 is 1.94 bits per heavy atom. The number of alkyl carbamates (subject to hydrolysis) is 1. The molecule has 1 aliphatic rings. The molecule has 1 atom stereocenters. The lowest BCUT2D eigenvalue weighted by molar-refractivity contribution is -0.119. The smallest absolute Gasteiger partial charge is 0.407 e. The second-order valence-electron chi connectivity index (χ2n) is 6.08. The lowest BCUT2D eigenvalue weighted by atomic mass is 10.0. The first-order chi connectivity index (χ1) is 8.31. The predicted octanol–water partition coefficient (Wildman–Crippen LogP) is 3.05. The molecular weight excluding hydrogens is 230 g/mol. The Hall–Kier alpha value is -1.06. The molecule has 18 heavy (non-hydrogen) atoms. The van der Waals surface area contributed by atoms with Crippen molar-refractivity contribution in [3.8, 4) is 0 Å². The highest BCUT2D eigenvalue weighted by atomic mass is 16.6. The van der Waals surface area contributed by atoms with E-state index in [1.807, 2.05) is 27.7 Å². The molecule has 1 saturated carbocycles. The third kappa shape index (κ3) is 6.03. The number of nitrogens with one attached hydrogen (secondary N) is 1. The first-order valence-electron chi connectivity index (χ1n) is 6.83. The largest absolute Gasteiger partial charge is 0.444 e. The zero-order chi connectivity index (χ0) is 13.8. The van der Waals surface area contributed by atoms with Gasteiger partial charge in [-0.15, -0.1) is 0 Å². The van der Waals surface area contributed by atoms with Crippen LogP contribution in [0.1, 0.15) is 59.8 Å². The molecule has 0 heterocycles. The highest BCUT2D eigenvalue weighted by molar-refractivity contribution is 5.80. The number of rotatable bonds is 6. The highest BCUT2D eigenvalue weighted by Gasteiger charge is 2.34. The molecule has 0 aromatic heterocycles. The number of hydrogen-bond donors (Lipinski definition) is 1. The normalized spacial score (nSPS) is 17.1. The van der Waals surface area contributed by atoms with E-state index in [2.05, 4.69) is 5.32 Å². The molecule has 1 N–H and O–H groups in total. The SMILES string of the molecule is CCCC(=O)CC(NC(=O)OC(C)(C)C)C1CC1. The van der Waals surface area contributed by atoms with Gasteiger partial charge in [0.2, 0.25) is 0 Å². The molecule has 4 heteroatoms. The average Bonchev–Trinajstić information content (AvgIpc) is 2.96. The van der Waals surface area contributed by atoms with E-state index in [0.29, 0.717) is 18.8 Å². The summed E-state index contributed by atoms with van der Waals surface area (Å²) in [6.45, 7) is 7.49. The van der Waals surface area contributed by atoms with Crippen LogP contribution >= 0.6 is 0 Å². The van der Waals surface area contributed by atoms with Gasteiger partial charge in [0.15, 0.2) is 0 Å². The number of ether oxygens (including phenoxy) is 1. The zero-order valence-corrected chi connectivity index (χ0v) is 11.9. The maximum absolute atomic E-state index is 11.7. The van der Waals surface area contributed by atoms with E-state index >= 15 is 0 Å². The Morgan fingerprint density at radius 3 is 2.39 bits per heavy atom. The molecule has 0 aromatic carbocycles. The van der Waals surface area contributed by atoms with Crippen LogP contribution in [0, 0.1) is 5.92 Å². The molecule has 1 unspecified atom stereocenters. The summed E-state index contributed by atoms with van der Waals surface area (Å²) in [6, 6.07) is -0.0427. The molecule has 1 rings (SSSR count). The van der Waals surface area contributed by atoms with Gasteiger partial charge in [-0.3, -0.25) is 4.79 Å². The summed E-state index contributed by atoms with van der Waals surface area (Å²) in [5, 5.41) is 2.84. The number of hydrogen-bond acceptors (Lipinski definition) is 3. The van der Waals surface area contributed by atoms with Crippen molar-refractivity contribution in [2.24, 2.45) is 5.92 Å². The quantitative estimate of drug-likeness (QED) is 0.793. The molecular formula is C14H25NO3. The summed E-state index contributed by atoms with van der Waals surface area (Å²) in [7, 11) is 0. The van der Waals surface area contributed by atoms with Crippen molar-refractivity contribution in [2.45, 2.75) is 71.4 Å².